The topological polar surface area (TPSA) is 92.6 Å². The molecule has 1 fully saturated rings. The number of amides is 1. The average molecular weight is 329 g/mol. The Labute approximate surface area is 141 Å². The van der Waals surface area contributed by atoms with Gasteiger partial charge in [0, 0.05) is 13.1 Å². The SMILES string of the molecule is CC1CCN(C(=O)c2coc(C(N)Cc3ccc(O)cc3)n2)CC1. The molecular formula is C18H23N3O3. The summed E-state index contributed by atoms with van der Waals surface area (Å²) in [7, 11) is 0. The average Bonchev–Trinajstić information content (AvgIpc) is 3.07. The first-order valence-electron chi connectivity index (χ1n) is 8.31. The van der Waals surface area contributed by atoms with E-state index in [1.54, 1.807) is 24.3 Å². The van der Waals surface area contributed by atoms with E-state index in [0.717, 1.165) is 31.5 Å². The number of piperidine rings is 1. The number of phenolic OH excluding ortho intramolecular Hbond substituents is 1. The van der Waals surface area contributed by atoms with E-state index in [0.29, 0.717) is 23.9 Å². The number of benzene rings is 1. The van der Waals surface area contributed by atoms with E-state index in [-0.39, 0.29) is 11.7 Å². The summed E-state index contributed by atoms with van der Waals surface area (Å²) >= 11 is 0. The van der Waals surface area contributed by atoms with Crippen LogP contribution in [0.15, 0.2) is 34.9 Å². The number of carbonyl (C=O) groups is 1. The number of carbonyl (C=O) groups excluding carboxylic acids is 1. The molecule has 6 heteroatoms. The number of aromatic hydroxyl groups is 1. The summed E-state index contributed by atoms with van der Waals surface area (Å²) in [5.74, 6) is 1.15. The van der Waals surface area contributed by atoms with E-state index < -0.39 is 6.04 Å². The molecule has 0 aliphatic carbocycles. The van der Waals surface area contributed by atoms with Crippen LogP contribution in [-0.2, 0) is 6.42 Å². The Bertz CT molecular complexity index is 688. The van der Waals surface area contributed by atoms with E-state index >= 15 is 0 Å². The summed E-state index contributed by atoms with van der Waals surface area (Å²) in [6, 6.07) is 6.41. The molecule has 128 valence electrons. The quantitative estimate of drug-likeness (QED) is 0.899. The second kappa shape index (κ2) is 7.05. The molecule has 1 aromatic carbocycles. The van der Waals surface area contributed by atoms with Gasteiger partial charge in [-0.3, -0.25) is 4.79 Å². The predicted octanol–water partition coefficient (Wildman–Crippen LogP) is 2.49. The van der Waals surface area contributed by atoms with Crippen molar-refractivity contribution in [3.63, 3.8) is 0 Å². The molecule has 1 saturated heterocycles. The van der Waals surface area contributed by atoms with Crippen LogP contribution in [0.4, 0.5) is 0 Å². The minimum absolute atomic E-state index is 0.0891. The molecule has 24 heavy (non-hydrogen) atoms. The molecule has 3 N–H and O–H groups in total. The van der Waals surface area contributed by atoms with Gasteiger partial charge in [-0.1, -0.05) is 19.1 Å². The molecule has 1 amide bonds. The number of hydrogen-bond acceptors (Lipinski definition) is 5. The van der Waals surface area contributed by atoms with E-state index in [9.17, 15) is 9.90 Å². The molecule has 1 aliphatic heterocycles. The van der Waals surface area contributed by atoms with Crippen molar-refractivity contribution in [2.75, 3.05) is 13.1 Å². The zero-order valence-corrected chi connectivity index (χ0v) is 13.8. The summed E-state index contributed by atoms with van der Waals surface area (Å²) < 4.78 is 5.42. The lowest BCUT2D eigenvalue weighted by atomic mass is 9.99. The largest absolute Gasteiger partial charge is 0.508 e. The van der Waals surface area contributed by atoms with E-state index in [1.165, 1.54) is 6.26 Å². The summed E-state index contributed by atoms with van der Waals surface area (Å²) in [5.41, 5.74) is 7.42. The molecule has 1 unspecified atom stereocenters. The monoisotopic (exact) mass is 329 g/mol. The Hall–Kier alpha value is -2.34. The number of nitrogens with zero attached hydrogens (tertiary/aromatic N) is 2. The molecule has 0 spiro atoms. The van der Waals surface area contributed by atoms with E-state index in [2.05, 4.69) is 11.9 Å². The fraction of sp³-hybridized carbons (Fsp3) is 0.444. The van der Waals surface area contributed by atoms with Gasteiger partial charge in [0.1, 0.15) is 12.0 Å². The summed E-state index contributed by atoms with van der Waals surface area (Å²) in [6.07, 6.45) is 3.97. The number of phenols is 1. The van der Waals surface area contributed by atoms with Crippen LogP contribution in [0.1, 0.15) is 47.7 Å². The lowest BCUT2D eigenvalue weighted by Crippen LogP contribution is -2.38. The van der Waals surface area contributed by atoms with Crippen LogP contribution in [0, 0.1) is 5.92 Å². The Kier molecular flexibility index (Phi) is 4.85. The van der Waals surface area contributed by atoms with E-state index in [4.69, 9.17) is 10.2 Å². The molecule has 6 nitrogen and oxygen atoms in total. The molecule has 0 bridgehead atoms. The van der Waals surface area contributed by atoms with Crippen molar-refractivity contribution in [2.24, 2.45) is 11.7 Å². The van der Waals surface area contributed by atoms with Crippen molar-refractivity contribution in [1.29, 1.82) is 0 Å². The molecule has 0 saturated carbocycles. The number of rotatable bonds is 4. The van der Waals surface area contributed by atoms with Gasteiger partial charge >= 0.3 is 0 Å². The highest BCUT2D eigenvalue weighted by atomic mass is 16.3. The van der Waals surface area contributed by atoms with Crippen molar-refractivity contribution in [2.45, 2.75) is 32.2 Å². The molecule has 3 rings (SSSR count). The number of hydrogen-bond donors (Lipinski definition) is 2. The fourth-order valence-electron chi connectivity index (χ4n) is 2.90. The van der Waals surface area contributed by atoms with E-state index in [1.807, 2.05) is 4.90 Å². The van der Waals surface area contributed by atoms with Crippen molar-refractivity contribution in [1.82, 2.24) is 9.88 Å². The first kappa shape index (κ1) is 16.5. The summed E-state index contributed by atoms with van der Waals surface area (Å²) in [6.45, 7) is 3.74. The highest BCUT2D eigenvalue weighted by Crippen LogP contribution is 2.21. The van der Waals surface area contributed by atoms with Crippen molar-refractivity contribution in [3.05, 3.63) is 47.7 Å². The van der Waals surface area contributed by atoms with Crippen LogP contribution in [0.3, 0.4) is 0 Å². The Morgan fingerprint density at radius 1 is 1.38 bits per heavy atom. The maximum atomic E-state index is 12.5. The Morgan fingerprint density at radius 3 is 2.71 bits per heavy atom. The fourth-order valence-corrected chi connectivity index (χ4v) is 2.90. The third-order valence-corrected chi connectivity index (χ3v) is 4.52. The number of likely N-dealkylation sites (tertiary alicyclic amines) is 1. The standard InChI is InChI=1S/C18H23N3O3/c1-12-6-8-21(9-7-12)18(23)16-11-24-17(20-16)15(19)10-13-2-4-14(22)5-3-13/h2-5,11-12,15,22H,6-10,19H2,1H3. The van der Waals surface area contributed by atoms with Gasteiger partial charge in [0.05, 0.1) is 6.04 Å². The van der Waals surface area contributed by atoms with Crippen LogP contribution in [0.25, 0.3) is 0 Å². The molecule has 0 radical (unpaired) electrons. The minimum atomic E-state index is -0.433. The molecule has 2 aromatic rings. The highest BCUT2D eigenvalue weighted by Gasteiger charge is 2.25. The van der Waals surface area contributed by atoms with Crippen LogP contribution >= 0.6 is 0 Å². The van der Waals surface area contributed by atoms with Gasteiger partial charge in [-0.25, -0.2) is 4.98 Å². The highest BCUT2D eigenvalue weighted by molar-refractivity contribution is 5.92. The first-order valence-corrected chi connectivity index (χ1v) is 8.31. The second-order valence-electron chi connectivity index (χ2n) is 6.52. The zero-order valence-electron chi connectivity index (χ0n) is 13.8. The Balaban J connectivity index is 1.64. The molecule has 2 heterocycles. The normalized spacial score (nSPS) is 17.0. The number of aromatic nitrogens is 1. The number of oxazole rings is 1. The third-order valence-electron chi connectivity index (χ3n) is 4.52. The number of nitrogens with two attached hydrogens (primary N) is 1. The maximum absolute atomic E-state index is 12.5. The van der Waals surface area contributed by atoms with Crippen molar-refractivity contribution < 1.29 is 14.3 Å². The van der Waals surface area contributed by atoms with Gasteiger partial charge in [0.2, 0.25) is 5.89 Å². The van der Waals surface area contributed by atoms with Crippen LogP contribution in [0.5, 0.6) is 5.75 Å². The molecular weight excluding hydrogens is 306 g/mol. The van der Waals surface area contributed by atoms with Gasteiger partial charge in [-0.15, -0.1) is 0 Å². The van der Waals surface area contributed by atoms with Gasteiger partial charge in [0.25, 0.3) is 5.91 Å². The summed E-state index contributed by atoms with van der Waals surface area (Å²) in [4.78, 5) is 18.6. The molecule has 1 aromatic heterocycles. The first-order chi connectivity index (χ1) is 11.5. The second-order valence-corrected chi connectivity index (χ2v) is 6.52. The third kappa shape index (κ3) is 3.76. The molecule has 1 aliphatic rings. The van der Waals surface area contributed by atoms with Crippen LogP contribution in [0.2, 0.25) is 0 Å². The maximum Gasteiger partial charge on any atom is 0.275 e. The zero-order chi connectivity index (χ0) is 17.1. The smallest absolute Gasteiger partial charge is 0.275 e. The Morgan fingerprint density at radius 2 is 2.04 bits per heavy atom. The molecule has 1 atom stereocenters. The lowest BCUT2D eigenvalue weighted by Gasteiger charge is -2.29. The van der Waals surface area contributed by atoms with Gasteiger partial charge < -0.3 is 20.2 Å². The lowest BCUT2D eigenvalue weighted by molar-refractivity contribution is 0.0691. The van der Waals surface area contributed by atoms with Crippen molar-refractivity contribution >= 4 is 5.91 Å². The summed E-state index contributed by atoms with van der Waals surface area (Å²) in [5, 5.41) is 9.31. The van der Waals surface area contributed by atoms with Crippen LogP contribution in [-0.4, -0.2) is 34.0 Å². The minimum Gasteiger partial charge on any atom is -0.508 e. The van der Waals surface area contributed by atoms with Gasteiger partial charge in [-0.2, -0.15) is 0 Å². The van der Waals surface area contributed by atoms with Crippen LogP contribution < -0.4 is 5.73 Å². The van der Waals surface area contributed by atoms with Crippen molar-refractivity contribution in [3.8, 4) is 5.75 Å². The predicted molar refractivity (Wildman–Crippen MR) is 89.5 cm³/mol. The van der Waals surface area contributed by atoms with Gasteiger partial charge in [0.15, 0.2) is 5.69 Å². The van der Waals surface area contributed by atoms with Gasteiger partial charge in [-0.05, 0) is 42.9 Å².